The van der Waals surface area contributed by atoms with Gasteiger partial charge in [-0.2, -0.15) is 10.5 Å². The number of hydrogen-bond donors (Lipinski definition) is 1. The summed E-state index contributed by atoms with van der Waals surface area (Å²) in [7, 11) is 6.51. The van der Waals surface area contributed by atoms with E-state index in [1.807, 2.05) is 44.3 Å². The van der Waals surface area contributed by atoms with Gasteiger partial charge in [-0.25, -0.2) is 0 Å². The molecule has 12 nitrogen and oxygen atoms in total. The third kappa shape index (κ3) is 13.9. The van der Waals surface area contributed by atoms with E-state index in [1.165, 1.54) is 12.8 Å². The van der Waals surface area contributed by atoms with Crippen LogP contribution in [0.2, 0.25) is 5.02 Å². The van der Waals surface area contributed by atoms with E-state index >= 15 is 0 Å². The molecule has 14 heteroatoms. The van der Waals surface area contributed by atoms with Crippen molar-refractivity contribution in [3.8, 4) is 35.1 Å². The number of fused-ring (bicyclic) bond motifs is 2. The van der Waals surface area contributed by atoms with Crippen LogP contribution in [-0.4, -0.2) is 91.0 Å². The van der Waals surface area contributed by atoms with Gasteiger partial charge in [-0.3, -0.25) is 9.97 Å². The Morgan fingerprint density at radius 1 is 0.719 bits per heavy atom. The Balaban J connectivity index is 0.000000322. The molecule has 4 aromatic rings. The van der Waals surface area contributed by atoms with E-state index in [0.29, 0.717) is 66.3 Å². The van der Waals surface area contributed by atoms with Crippen molar-refractivity contribution < 1.29 is 28.4 Å². The molecule has 2 aliphatic rings. The zero-order valence-electron chi connectivity index (χ0n) is 33.4. The van der Waals surface area contributed by atoms with E-state index in [9.17, 15) is 5.26 Å². The molecule has 0 bridgehead atoms. The van der Waals surface area contributed by atoms with Crippen molar-refractivity contribution in [3.63, 3.8) is 0 Å². The molecular formula is C43H60Cl2N6O6. The number of nitrogens with one attached hydrogen (secondary N) is 1. The number of methoxy groups -OCH3 is 4. The topological polar surface area (TPSA) is 144 Å². The quantitative estimate of drug-likeness (QED) is 0.129. The molecule has 0 spiro atoms. The van der Waals surface area contributed by atoms with E-state index in [4.69, 9.17) is 45.3 Å². The van der Waals surface area contributed by atoms with Gasteiger partial charge in [0.05, 0.1) is 55.6 Å². The number of ether oxygens (including phenoxy) is 6. The lowest BCUT2D eigenvalue weighted by Gasteiger charge is -2.35. The SMILES string of the molecule is C.CC(C#N)C1CCNCC1.COCCOc1cc2c(Cl)ccnc2cc1OC.COCCOc1cc2c(N3CCC(C(C)C#N)CC3)ccnc2cc1OC.Cl. The molecule has 0 radical (unpaired) electrons. The second kappa shape index (κ2) is 25.9. The zero-order chi connectivity index (χ0) is 39.6. The molecule has 6 rings (SSSR count). The number of hydrogen-bond acceptors (Lipinski definition) is 12. The predicted octanol–water partition coefficient (Wildman–Crippen LogP) is 8.77. The highest BCUT2D eigenvalue weighted by atomic mass is 35.5. The van der Waals surface area contributed by atoms with Crippen molar-refractivity contribution in [2.24, 2.45) is 23.7 Å². The molecule has 2 unspecified atom stereocenters. The first-order valence-electron chi connectivity index (χ1n) is 18.9. The summed E-state index contributed by atoms with van der Waals surface area (Å²) in [6.45, 7) is 10.1. The fraction of sp³-hybridized carbons (Fsp3) is 0.535. The third-order valence-electron chi connectivity index (χ3n) is 10.2. The number of nitrogens with zero attached hydrogens (tertiary/aromatic N) is 5. The van der Waals surface area contributed by atoms with Crippen LogP contribution in [0.25, 0.3) is 21.8 Å². The first-order valence-corrected chi connectivity index (χ1v) is 19.2. The molecule has 0 saturated carbocycles. The summed E-state index contributed by atoms with van der Waals surface area (Å²) >= 11 is 6.12. The zero-order valence-corrected chi connectivity index (χ0v) is 35.0. The highest BCUT2D eigenvalue weighted by Gasteiger charge is 2.25. The minimum atomic E-state index is 0. The molecule has 1 N–H and O–H groups in total. The highest BCUT2D eigenvalue weighted by Crippen LogP contribution is 2.38. The van der Waals surface area contributed by atoms with Gasteiger partial charge in [0.25, 0.3) is 0 Å². The van der Waals surface area contributed by atoms with Crippen LogP contribution in [0.15, 0.2) is 48.8 Å². The number of halogens is 2. The van der Waals surface area contributed by atoms with E-state index in [2.05, 4.69) is 38.4 Å². The van der Waals surface area contributed by atoms with Gasteiger partial charge in [0.15, 0.2) is 23.0 Å². The first-order chi connectivity index (χ1) is 26.8. The summed E-state index contributed by atoms with van der Waals surface area (Å²) in [5, 5.41) is 23.6. The first kappa shape index (κ1) is 48.8. The van der Waals surface area contributed by atoms with Crippen molar-refractivity contribution in [3.05, 3.63) is 53.8 Å². The molecule has 2 aliphatic heterocycles. The van der Waals surface area contributed by atoms with Crippen molar-refractivity contribution >= 4 is 51.5 Å². The van der Waals surface area contributed by atoms with Gasteiger partial charge in [-0.15, -0.1) is 12.4 Å². The molecule has 0 amide bonds. The van der Waals surface area contributed by atoms with Crippen LogP contribution >= 0.6 is 24.0 Å². The summed E-state index contributed by atoms with van der Waals surface area (Å²) in [4.78, 5) is 11.1. The second-order valence-corrected chi connectivity index (χ2v) is 14.0. The Morgan fingerprint density at radius 2 is 1.19 bits per heavy atom. The third-order valence-corrected chi connectivity index (χ3v) is 10.5. The Bertz CT molecular complexity index is 1880. The fourth-order valence-corrected chi connectivity index (χ4v) is 6.95. The van der Waals surface area contributed by atoms with Crippen LogP contribution in [0.4, 0.5) is 5.69 Å². The van der Waals surface area contributed by atoms with Gasteiger partial charge in [0.2, 0.25) is 0 Å². The highest BCUT2D eigenvalue weighted by molar-refractivity contribution is 6.35. The Kier molecular flexibility index (Phi) is 22.2. The Hall–Kier alpha value is -4.30. The molecule has 2 atom stereocenters. The Morgan fingerprint density at radius 3 is 1.68 bits per heavy atom. The van der Waals surface area contributed by atoms with E-state index in [1.54, 1.807) is 40.7 Å². The second-order valence-electron chi connectivity index (χ2n) is 13.6. The van der Waals surface area contributed by atoms with Crippen molar-refractivity contribution in [2.45, 2.75) is 47.0 Å². The average Bonchev–Trinajstić information content (AvgIpc) is 3.23. The van der Waals surface area contributed by atoms with Gasteiger partial charge in [0, 0.05) is 80.1 Å². The van der Waals surface area contributed by atoms with Gasteiger partial charge in [-0.1, -0.05) is 19.0 Å². The lowest BCUT2D eigenvalue weighted by atomic mass is 9.86. The van der Waals surface area contributed by atoms with Crippen LogP contribution in [-0.2, 0) is 9.47 Å². The maximum Gasteiger partial charge on any atom is 0.162 e. The minimum Gasteiger partial charge on any atom is -0.493 e. The summed E-state index contributed by atoms with van der Waals surface area (Å²) in [6.07, 6.45) is 7.92. The summed E-state index contributed by atoms with van der Waals surface area (Å²) in [5.41, 5.74) is 2.82. The predicted molar refractivity (Wildman–Crippen MR) is 230 cm³/mol. The lowest BCUT2D eigenvalue weighted by Crippen LogP contribution is -2.35. The molecule has 312 valence electrons. The summed E-state index contributed by atoms with van der Waals surface area (Å²) in [6, 6.07) is 16.1. The summed E-state index contributed by atoms with van der Waals surface area (Å²) < 4.78 is 32.2. The van der Waals surface area contributed by atoms with E-state index in [0.717, 1.165) is 66.5 Å². The number of nitriles is 2. The molecule has 57 heavy (non-hydrogen) atoms. The van der Waals surface area contributed by atoms with Crippen molar-refractivity contribution in [1.82, 2.24) is 15.3 Å². The van der Waals surface area contributed by atoms with Gasteiger partial charge < -0.3 is 38.6 Å². The van der Waals surface area contributed by atoms with Gasteiger partial charge in [0.1, 0.15) is 13.2 Å². The minimum absolute atomic E-state index is 0. The number of pyridine rings is 2. The number of anilines is 1. The summed E-state index contributed by atoms with van der Waals surface area (Å²) in [5.74, 6) is 4.13. The van der Waals surface area contributed by atoms with Gasteiger partial charge >= 0.3 is 0 Å². The van der Waals surface area contributed by atoms with E-state index in [-0.39, 0.29) is 31.7 Å². The normalized spacial score (nSPS) is 15.1. The van der Waals surface area contributed by atoms with Gasteiger partial charge in [-0.05, 0) is 88.7 Å². The van der Waals surface area contributed by atoms with E-state index < -0.39 is 0 Å². The maximum absolute atomic E-state index is 9.17. The van der Waals surface area contributed by atoms with Crippen molar-refractivity contribution in [1.29, 1.82) is 10.5 Å². The largest absolute Gasteiger partial charge is 0.493 e. The smallest absolute Gasteiger partial charge is 0.162 e. The van der Waals surface area contributed by atoms with Crippen LogP contribution in [0, 0.1) is 46.3 Å². The number of aromatic nitrogens is 2. The van der Waals surface area contributed by atoms with Crippen LogP contribution in [0.5, 0.6) is 23.0 Å². The molecule has 0 aliphatic carbocycles. The standard InChI is InChI=1S/C21H27N3O3.C13H14ClNO3.C8H14N2.CH4.ClH/c1-15(14-22)16-5-8-24(9-6-16)19-4-7-23-18-13-20(26-3)21(12-17(18)19)27-11-10-25-2;1-16-5-6-18-13-7-9-10(14)3-4-15-11(9)8-12(13)17-2;1-7(6-9)8-2-4-10-5-3-8;;/h4,7,12-13,15-16H,5-6,8-11H2,1-3H3;3-4,7-8H,5-6H2,1-2H3;7-8,10H,2-5H2,1H3;1H4;1H. The number of benzene rings is 2. The molecule has 2 saturated heterocycles. The molecule has 2 aromatic heterocycles. The van der Waals surface area contributed by atoms with Crippen LogP contribution < -0.4 is 29.2 Å². The number of piperidine rings is 2. The fourth-order valence-electron chi connectivity index (χ4n) is 6.74. The van der Waals surface area contributed by atoms with Crippen molar-refractivity contribution in [2.75, 3.05) is 85.9 Å². The molecule has 4 heterocycles. The maximum atomic E-state index is 9.17. The molecular weight excluding hydrogens is 767 g/mol. The molecule has 2 fully saturated rings. The monoisotopic (exact) mass is 826 g/mol. The average molecular weight is 828 g/mol. The van der Waals surface area contributed by atoms with Crippen LogP contribution in [0.3, 0.4) is 0 Å². The Labute approximate surface area is 350 Å². The number of rotatable bonds is 13. The molecule has 2 aromatic carbocycles. The lowest BCUT2D eigenvalue weighted by molar-refractivity contribution is 0.144. The van der Waals surface area contributed by atoms with Crippen LogP contribution in [0.1, 0.15) is 47.0 Å².